The maximum Gasteiger partial charge on any atom is 0.253 e. The van der Waals surface area contributed by atoms with Crippen LogP contribution in [0.4, 0.5) is 5.69 Å². The van der Waals surface area contributed by atoms with Crippen molar-refractivity contribution in [1.82, 2.24) is 4.31 Å². The normalized spacial score (nSPS) is 17.5. The average molecular weight is 391 g/mol. The van der Waals surface area contributed by atoms with Crippen LogP contribution in [0.1, 0.15) is 26.7 Å². The topological polar surface area (TPSA) is 66.5 Å². The fourth-order valence-electron chi connectivity index (χ4n) is 3.02. The van der Waals surface area contributed by atoms with Crippen molar-refractivity contribution >= 4 is 33.0 Å². The Morgan fingerprint density at radius 2 is 1.96 bits per heavy atom. The highest BCUT2D eigenvalue weighted by atomic mass is 32.2. The molecule has 1 N–H and O–H groups in total. The summed E-state index contributed by atoms with van der Waals surface area (Å²) in [6, 6.07) is 10.9. The zero-order valence-electron chi connectivity index (χ0n) is 14.8. The van der Waals surface area contributed by atoms with Gasteiger partial charge in [0.2, 0.25) is 5.91 Å². The molecule has 5 nitrogen and oxygen atoms in total. The molecule has 1 atom stereocenters. The Kier molecular flexibility index (Phi) is 5.60. The molecule has 1 aliphatic rings. The smallest absolute Gasteiger partial charge is 0.253 e. The third-order valence-corrected chi connectivity index (χ3v) is 7.72. The van der Waals surface area contributed by atoms with E-state index in [0.29, 0.717) is 10.8 Å². The number of nitrogens with zero attached hydrogens (tertiary/aromatic N) is 1. The van der Waals surface area contributed by atoms with Crippen molar-refractivity contribution < 1.29 is 13.2 Å². The predicted octanol–water partition coefficient (Wildman–Crippen LogP) is 4.10. The van der Waals surface area contributed by atoms with Gasteiger partial charge < -0.3 is 5.32 Å². The lowest BCUT2D eigenvalue weighted by Crippen LogP contribution is -2.35. The summed E-state index contributed by atoms with van der Waals surface area (Å²) in [5.74, 6) is -0.122. The Bertz CT molecular complexity index is 915. The number of carbonyl (C=O) groups is 1. The van der Waals surface area contributed by atoms with E-state index in [9.17, 15) is 13.2 Å². The molecule has 2 aromatic rings. The lowest BCUT2D eigenvalue weighted by molar-refractivity contribution is -0.114. The first-order valence-corrected chi connectivity index (χ1v) is 10.8. The molecule has 26 heavy (non-hydrogen) atoms. The number of hydrogen-bond acceptors (Lipinski definition) is 4. The van der Waals surface area contributed by atoms with Crippen LogP contribution in [0.15, 0.2) is 52.8 Å². The van der Waals surface area contributed by atoms with E-state index in [-0.39, 0.29) is 11.9 Å². The summed E-state index contributed by atoms with van der Waals surface area (Å²) < 4.78 is 27.9. The molecule has 0 aliphatic carbocycles. The Hall–Kier alpha value is -1.96. The maximum atomic E-state index is 13.0. The lowest BCUT2D eigenvalue weighted by Gasteiger charge is -2.22. The van der Waals surface area contributed by atoms with E-state index < -0.39 is 10.0 Å². The standard InChI is InChI=1S/C19H22N2O3S2/c1-3-5-17-6-4-13-21(17)26(23,24)19-12-11-18(25-19)15-7-9-16(10-8-15)20-14(2)22/h4,6-12,17H,3,5,13H2,1-2H3,(H,20,22). The minimum absolute atomic E-state index is 0.0486. The number of rotatable bonds is 6. The van der Waals surface area contributed by atoms with Gasteiger partial charge in [0.15, 0.2) is 0 Å². The molecule has 0 saturated heterocycles. The van der Waals surface area contributed by atoms with Crippen LogP contribution >= 0.6 is 11.3 Å². The van der Waals surface area contributed by atoms with Gasteiger partial charge in [-0.25, -0.2) is 8.42 Å². The molecule has 1 amide bonds. The summed E-state index contributed by atoms with van der Waals surface area (Å²) in [5, 5.41) is 2.72. The van der Waals surface area contributed by atoms with E-state index in [1.807, 2.05) is 42.5 Å². The second-order valence-electron chi connectivity index (χ2n) is 6.24. The number of nitrogens with one attached hydrogen (secondary N) is 1. The second-order valence-corrected chi connectivity index (χ2v) is 9.44. The van der Waals surface area contributed by atoms with Crippen molar-refractivity contribution in [1.29, 1.82) is 0 Å². The second kappa shape index (κ2) is 7.73. The fraction of sp³-hybridized carbons (Fsp3) is 0.316. The van der Waals surface area contributed by atoms with Crippen LogP contribution in [0, 0.1) is 0 Å². The van der Waals surface area contributed by atoms with Crippen LogP contribution in [0.2, 0.25) is 0 Å². The minimum Gasteiger partial charge on any atom is -0.326 e. The average Bonchev–Trinajstić information content (AvgIpc) is 3.25. The molecule has 0 spiro atoms. The SMILES string of the molecule is CCCC1C=CCN1S(=O)(=O)c1ccc(-c2ccc(NC(C)=O)cc2)s1. The Labute approximate surface area is 158 Å². The van der Waals surface area contributed by atoms with Gasteiger partial charge in [-0.3, -0.25) is 4.79 Å². The van der Waals surface area contributed by atoms with Crippen molar-refractivity contribution in [3.63, 3.8) is 0 Å². The van der Waals surface area contributed by atoms with Crippen molar-refractivity contribution in [2.24, 2.45) is 0 Å². The van der Waals surface area contributed by atoms with Gasteiger partial charge in [-0.05, 0) is 36.2 Å². The number of anilines is 1. The zero-order chi connectivity index (χ0) is 18.7. The van der Waals surface area contributed by atoms with Gasteiger partial charge in [0.1, 0.15) is 4.21 Å². The molecular weight excluding hydrogens is 368 g/mol. The third kappa shape index (κ3) is 3.90. The van der Waals surface area contributed by atoms with Crippen LogP contribution in [-0.4, -0.2) is 31.2 Å². The molecule has 0 fully saturated rings. The molecule has 7 heteroatoms. The van der Waals surface area contributed by atoms with Crippen LogP contribution in [0.25, 0.3) is 10.4 Å². The maximum absolute atomic E-state index is 13.0. The number of carbonyl (C=O) groups excluding carboxylic acids is 1. The highest BCUT2D eigenvalue weighted by Gasteiger charge is 2.32. The molecule has 3 rings (SSSR count). The van der Waals surface area contributed by atoms with E-state index >= 15 is 0 Å². The van der Waals surface area contributed by atoms with Crippen molar-refractivity contribution in [3.8, 4) is 10.4 Å². The van der Waals surface area contributed by atoms with Gasteiger partial charge in [0, 0.05) is 30.1 Å². The molecule has 1 aromatic heterocycles. The highest BCUT2D eigenvalue weighted by molar-refractivity contribution is 7.91. The molecule has 0 radical (unpaired) electrons. The number of thiophene rings is 1. The van der Waals surface area contributed by atoms with Gasteiger partial charge >= 0.3 is 0 Å². The molecular formula is C19H22N2O3S2. The lowest BCUT2D eigenvalue weighted by atomic mass is 10.2. The number of sulfonamides is 1. The van der Waals surface area contributed by atoms with Crippen molar-refractivity contribution in [2.75, 3.05) is 11.9 Å². The van der Waals surface area contributed by atoms with Gasteiger partial charge in [-0.1, -0.05) is 37.6 Å². The van der Waals surface area contributed by atoms with Crippen molar-refractivity contribution in [2.45, 2.75) is 36.9 Å². The Morgan fingerprint density at radius 3 is 2.62 bits per heavy atom. The van der Waals surface area contributed by atoms with Gasteiger partial charge in [-0.2, -0.15) is 4.31 Å². The summed E-state index contributed by atoms with van der Waals surface area (Å²) in [4.78, 5) is 12.0. The van der Waals surface area contributed by atoms with E-state index in [1.54, 1.807) is 10.4 Å². The molecule has 0 saturated carbocycles. The monoisotopic (exact) mass is 390 g/mol. The van der Waals surface area contributed by atoms with Crippen LogP contribution in [0.5, 0.6) is 0 Å². The highest BCUT2D eigenvalue weighted by Crippen LogP contribution is 2.34. The zero-order valence-corrected chi connectivity index (χ0v) is 16.4. The van der Waals surface area contributed by atoms with Gasteiger partial charge in [-0.15, -0.1) is 11.3 Å². The van der Waals surface area contributed by atoms with Crippen LogP contribution < -0.4 is 5.32 Å². The van der Waals surface area contributed by atoms with E-state index in [1.165, 1.54) is 18.3 Å². The van der Waals surface area contributed by atoms with Crippen LogP contribution in [-0.2, 0) is 14.8 Å². The first kappa shape index (κ1) is 18.8. The third-order valence-electron chi connectivity index (χ3n) is 4.23. The molecule has 1 aromatic carbocycles. The molecule has 138 valence electrons. The Morgan fingerprint density at radius 1 is 1.23 bits per heavy atom. The van der Waals surface area contributed by atoms with Crippen molar-refractivity contribution in [3.05, 3.63) is 48.6 Å². The molecule has 1 aliphatic heterocycles. The first-order valence-electron chi connectivity index (χ1n) is 8.58. The summed E-state index contributed by atoms with van der Waals surface area (Å²) in [5.41, 5.74) is 1.64. The fourth-order valence-corrected chi connectivity index (χ4v) is 6.02. The Balaban J connectivity index is 1.82. The predicted molar refractivity (Wildman–Crippen MR) is 106 cm³/mol. The first-order chi connectivity index (χ1) is 12.4. The molecule has 1 unspecified atom stereocenters. The minimum atomic E-state index is -3.49. The van der Waals surface area contributed by atoms with Gasteiger partial charge in [0.05, 0.1) is 0 Å². The summed E-state index contributed by atoms with van der Waals surface area (Å²) in [6.07, 6.45) is 5.68. The van der Waals surface area contributed by atoms with E-state index in [4.69, 9.17) is 0 Å². The van der Waals surface area contributed by atoms with Gasteiger partial charge in [0.25, 0.3) is 10.0 Å². The number of amides is 1. The summed E-state index contributed by atoms with van der Waals surface area (Å²) in [6.45, 7) is 3.96. The van der Waals surface area contributed by atoms with E-state index in [2.05, 4.69) is 12.2 Å². The largest absolute Gasteiger partial charge is 0.326 e. The molecule has 0 bridgehead atoms. The summed E-state index contributed by atoms with van der Waals surface area (Å²) in [7, 11) is -3.49. The quantitative estimate of drug-likeness (QED) is 0.755. The summed E-state index contributed by atoms with van der Waals surface area (Å²) >= 11 is 1.27. The van der Waals surface area contributed by atoms with Crippen LogP contribution in [0.3, 0.4) is 0 Å². The number of hydrogen-bond donors (Lipinski definition) is 1. The molecule has 2 heterocycles. The van der Waals surface area contributed by atoms with E-state index in [0.717, 1.165) is 29.0 Å². The number of benzene rings is 1.